The van der Waals surface area contributed by atoms with Gasteiger partial charge < -0.3 is 0 Å². The summed E-state index contributed by atoms with van der Waals surface area (Å²) in [6.07, 6.45) is 0. The molecule has 22 valence electrons. The molecular weight excluding hydrogens is 85.9 g/mol. The molecule has 0 N–H and O–H groups in total. The van der Waals surface area contributed by atoms with Gasteiger partial charge >= 0.3 is 33.1 Å². The molecule has 0 saturated carbocycles. The molecule has 1 atom stereocenters. The topological polar surface area (TPSA) is 0 Å². The van der Waals surface area contributed by atoms with Crippen LogP contribution in [0.4, 0.5) is 0 Å². The molecule has 0 nitrogen and oxygen atoms in total. The van der Waals surface area contributed by atoms with Crippen molar-refractivity contribution in [1.82, 2.24) is 0 Å². The monoisotopic (exact) mass is 90.0 g/mol. The first-order valence-electron chi connectivity index (χ1n) is 1.02. The Morgan fingerprint density at radius 2 is 2.25 bits per heavy atom. The second-order valence-electron chi connectivity index (χ2n) is 0.407. The van der Waals surface area contributed by atoms with E-state index in [1.807, 2.05) is 6.66 Å². The third kappa shape index (κ3) is 2.71. The molecule has 0 aliphatic carbocycles. The minimum absolute atomic E-state index is 0.830. The molecule has 0 bridgehead atoms. The Bertz CT molecular complexity index is 22.0. The van der Waals surface area contributed by atoms with Crippen LogP contribution in [0.3, 0.4) is 0 Å². The second-order valence-corrected chi connectivity index (χ2v) is 1.93. The van der Waals surface area contributed by atoms with E-state index < -0.39 is 0 Å². The van der Waals surface area contributed by atoms with Crippen molar-refractivity contribution in [3.05, 3.63) is 0 Å². The van der Waals surface area contributed by atoms with Crippen molar-refractivity contribution in [3.63, 3.8) is 0 Å². The van der Waals surface area contributed by atoms with Crippen LogP contribution in [0.2, 0.25) is 0 Å². The fraction of sp³-hybridized carbons (Fsp3) is 1.00. The molecule has 1 unspecified atom stereocenters. The second kappa shape index (κ2) is 3.71. The van der Waals surface area contributed by atoms with Crippen molar-refractivity contribution in [2.24, 2.45) is 0 Å². The quantitative estimate of drug-likeness (QED) is 0.342. The van der Waals surface area contributed by atoms with Crippen molar-refractivity contribution in [1.29, 1.82) is 0 Å². The van der Waals surface area contributed by atoms with E-state index in [0.29, 0.717) is 0 Å². The van der Waals surface area contributed by atoms with E-state index >= 15 is 0 Å². The van der Waals surface area contributed by atoms with Gasteiger partial charge in [0.15, 0.2) is 0 Å². The average Bonchev–Trinajstić information content (AvgIpc) is 1.37. The first-order chi connectivity index (χ1) is 1.91. The molecular formula is CH4BPS. The summed E-state index contributed by atoms with van der Waals surface area (Å²) in [4.78, 5) is 0. The molecule has 3 heteroatoms. The predicted molar refractivity (Wildman–Crippen MR) is 27.6 cm³/mol. The summed E-state index contributed by atoms with van der Waals surface area (Å²) >= 11 is 4.44. The molecule has 0 aromatic heterocycles. The third-order valence-corrected chi connectivity index (χ3v) is 1.06. The maximum atomic E-state index is 4.44. The normalized spacial score (nSPS) is 8.25. The molecule has 0 rings (SSSR count). The Kier molecular flexibility index (Phi) is 4.38. The van der Waals surface area contributed by atoms with E-state index in [1.54, 1.807) is 5.87 Å². The summed E-state index contributed by atoms with van der Waals surface area (Å²) in [7, 11) is 0.830. The summed E-state index contributed by atoms with van der Waals surface area (Å²) in [6.45, 7) is 2.05. The SMILES string of the molecule is CPB=S. The first kappa shape index (κ1) is 4.71. The summed E-state index contributed by atoms with van der Waals surface area (Å²) in [5, 5.41) is 0. The van der Waals surface area contributed by atoms with E-state index in [1.165, 1.54) is 0 Å². The van der Waals surface area contributed by atoms with E-state index in [9.17, 15) is 0 Å². The van der Waals surface area contributed by atoms with Gasteiger partial charge in [-0.3, -0.25) is 0 Å². The molecule has 0 aromatic rings. The van der Waals surface area contributed by atoms with E-state index in [2.05, 4.69) is 12.1 Å². The molecule has 0 radical (unpaired) electrons. The molecule has 0 fully saturated rings. The van der Waals surface area contributed by atoms with Crippen LogP contribution in [0.5, 0.6) is 0 Å². The maximum absolute atomic E-state index is 4.44. The van der Waals surface area contributed by atoms with Crippen LogP contribution >= 0.6 is 20.5 Å². The van der Waals surface area contributed by atoms with Gasteiger partial charge in [-0.25, -0.2) is 0 Å². The molecule has 0 heterocycles. The first-order valence-corrected chi connectivity index (χ1v) is 3.07. The zero-order chi connectivity index (χ0) is 3.41. The number of hydrogen-bond donors (Lipinski definition) is 0. The van der Waals surface area contributed by atoms with Crippen LogP contribution in [-0.4, -0.2) is 12.5 Å². The van der Waals surface area contributed by atoms with Crippen LogP contribution in [-0.2, 0) is 0 Å². The van der Waals surface area contributed by atoms with Gasteiger partial charge in [-0.05, 0) is 0 Å². The predicted octanol–water partition coefficient (Wildman–Crippen LogP) is 1.03. The van der Waals surface area contributed by atoms with Crippen LogP contribution in [0.15, 0.2) is 0 Å². The zero-order valence-electron chi connectivity index (χ0n) is 2.49. The molecule has 0 aromatic carbocycles. The minimum atomic E-state index is 0.830. The Balaban J connectivity index is 2.30. The van der Waals surface area contributed by atoms with Crippen LogP contribution in [0.1, 0.15) is 0 Å². The zero-order valence-corrected chi connectivity index (χ0v) is 4.30. The average molecular weight is 89.9 g/mol. The number of rotatable bonds is 1. The third-order valence-electron chi connectivity index (χ3n) is 0.118. The van der Waals surface area contributed by atoms with Crippen molar-refractivity contribution >= 4 is 26.4 Å². The summed E-state index contributed by atoms with van der Waals surface area (Å²) < 4.78 is 0. The molecule has 4 heavy (non-hydrogen) atoms. The van der Waals surface area contributed by atoms with Crippen LogP contribution < -0.4 is 0 Å². The molecule has 0 aliphatic rings. The van der Waals surface area contributed by atoms with Crippen molar-refractivity contribution in [2.45, 2.75) is 0 Å². The van der Waals surface area contributed by atoms with Gasteiger partial charge in [0.1, 0.15) is 0 Å². The summed E-state index contributed by atoms with van der Waals surface area (Å²) in [6, 6.07) is 0. The molecule has 0 spiro atoms. The fourth-order valence-corrected chi connectivity index (χ4v) is 0. The van der Waals surface area contributed by atoms with Gasteiger partial charge in [-0.2, -0.15) is 0 Å². The van der Waals surface area contributed by atoms with Gasteiger partial charge in [0.2, 0.25) is 0 Å². The van der Waals surface area contributed by atoms with Gasteiger partial charge in [0, 0.05) is 0 Å². The molecule has 0 saturated heterocycles. The van der Waals surface area contributed by atoms with Crippen molar-refractivity contribution in [3.8, 4) is 0 Å². The Morgan fingerprint density at radius 1 is 2.00 bits per heavy atom. The van der Waals surface area contributed by atoms with Crippen LogP contribution in [0.25, 0.3) is 0 Å². The Labute approximate surface area is 33.8 Å². The Hall–Kier alpha value is 0.715. The summed E-state index contributed by atoms with van der Waals surface area (Å²) in [5.74, 6) is 1.74. The molecule has 0 aliphatic heterocycles. The van der Waals surface area contributed by atoms with E-state index in [-0.39, 0.29) is 0 Å². The van der Waals surface area contributed by atoms with Crippen molar-refractivity contribution < 1.29 is 0 Å². The van der Waals surface area contributed by atoms with E-state index in [0.717, 1.165) is 8.46 Å². The summed E-state index contributed by atoms with van der Waals surface area (Å²) in [5.41, 5.74) is 0. The van der Waals surface area contributed by atoms with E-state index in [4.69, 9.17) is 0 Å². The van der Waals surface area contributed by atoms with Gasteiger partial charge in [0.05, 0.1) is 0 Å². The van der Waals surface area contributed by atoms with Gasteiger partial charge in [-0.15, -0.1) is 0 Å². The Morgan fingerprint density at radius 3 is 2.25 bits per heavy atom. The van der Waals surface area contributed by atoms with Gasteiger partial charge in [0.25, 0.3) is 0 Å². The standard InChI is InChI=1S/CH4BPS/c1-3-2-4/h3H,1H3. The number of hydrogen-bond acceptors (Lipinski definition) is 1. The van der Waals surface area contributed by atoms with Crippen LogP contribution in [0, 0.1) is 0 Å². The van der Waals surface area contributed by atoms with Gasteiger partial charge in [-0.1, -0.05) is 0 Å². The van der Waals surface area contributed by atoms with Crippen molar-refractivity contribution in [2.75, 3.05) is 6.66 Å². The molecule has 0 amide bonds. The fourth-order valence-electron chi connectivity index (χ4n) is 0.